The molecule has 1 aliphatic rings. The van der Waals surface area contributed by atoms with Crippen LogP contribution in [0.5, 0.6) is 0 Å². The van der Waals surface area contributed by atoms with E-state index in [2.05, 4.69) is 26.6 Å². The third kappa shape index (κ3) is 11.1. The van der Waals surface area contributed by atoms with E-state index >= 15 is 0 Å². The van der Waals surface area contributed by atoms with Crippen LogP contribution in [0.2, 0.25) is 0 Å². The number of aliphatic hydroxyl groups excluding tert-OH is 1. The second-order valence-electron chi connectivity index (χ2n) is 7.99. The minimum absolute atomic E-state index is 0.421. The van der Waals surface area contributed by atoms with Crippen LogP contribution in [0, 0.1) is 0 Å². The van der Waals surface area contributed by atoms with Gasteiger partial charge in [0.25, 0.3) is 0 Å². The molecule has 0 unspecified atom stereocenters. The number of carboxylic acids is 3. The first-order valence-corrected chi connectivity index (χ1v) is 11.1. The second-order valence-corrected chi connectivity index (χ2v) is 7.99. The number of aliphatic hydroxyl groups is 1. The van der Waals surface area contributed by atoms with E-state index < -0.39 is 105 Å². The monoisotopic (exact) mass is 517 g/mol. The van der Waals surface area contributed by atoms with Crippen molar-refractivity contribution in [1.29, 1.82) is 0 Å². The average Bonchev–Trinajstić information content (AvgIpc) is 3.35. The van der Waals surface area contributed by atoms with Crippen LogP contribution in [-0.2, 0) is 33.6 Å². The van der Waals surface area contributed by atoms with E-state index in [1.165, 1.54) is 0 Å². The highest BCUT2D eigenvalue weighted by Gasteiger charge is 2.29. The summed E-state index contributed by atoms with van der Waals surface area (Å²) in [5, 5.41) is 47.9. The topological polar surface area (TPSA) is 261 Å². The number of carbonyl (C=O) groups is 7. The molecule has 0 aliphatic carbocycles. The first-order chi connectivity index (χ1) is 16.9. The van der Waals surface area contributed by atoms with Crippen molar-refractivity contribution in [3.63, 3.8) is 0 Å². The van der Waals surface area contributed by atoms with Gasteiger partial charge in [-0.3, -0.25) is 28.8 Å². The van der Waals surface area contributed by atoms with Crippen molar-refractivity contribution < 1.29 is 54.0 Å². The molecule has 9 N–H and O–H groups in total. The molecule has 36 heavy (non-hydrogen) atoms. The Kier molecular flexibility index (Phi) is 12.8. The summed E-state index contributed by atoms with van der Waals surface area (Å²) in [4.78, 5) is 82.0. The van der Waals surface area contributed by atoms with Gasteiger partial charge >= 0.3 is 17.9 Å². The molecule has 4 amide bonds. The quantitative estimate of drug-likeness (QED) is 0.0952. The largest absolute Gasteiger partial charge is 0.481 e. The predicted molar refractivity (Wildman–Crippen MR) is 118 cm³/mol. The predicted octanol–water partition coefficient (Wildman–Crippen LogP) is -3.88. The number of aliphatic carboxylic acids is 3. The molecule has 202 valence electrons. The molecular weight excluding hydrogens is 486 g/mol. The summed E-state index contributed by atoms with van der Waals surface area (Å²) in [6.07, 6.45) is -0.656. The molecule has 4 atom stereocenters. The Morgan fingerprint density at radius 1 is 0.806 bits per heavy atom. The van der Waals surface area contributed by atoms with Crippen molar-refractivity contribution >= 4 is 41.5 Å². The minimum Gasteiger partial charge on any atom is -0.481 e. The number of hydrogen-bond donors (Lipinski definition) is 9. The fourth-order valence-electron chi connectivity index (χ4n) is 3.24. The first-order valence-electron chi connectivity index (χ1n) is 11.1. The zero-order chi connectivity index (χ0) is 27.3. The van der Waals surface area contributed by atoms with E-state index in [0.717, 1.165) is 6.42 Å². The smallest absolute Gasteiger partial charge is 0.326 e. The highest BCUT2D eigenvalue weighted by Crippen LogP contribution is 2.05. The zero-order valence-corrected chi connectivity index (χ0v) is 19.3. The van der Waals surface area contributed by atoms with Gasteiger partial charge in [0.15, 0.2) is 0 Å². The van der Waals surface area contributed by atoms with Crippen molar-refractivity contribution in [3.8, 4) is 0 Å². The van der Waals surface area contributed by atoms with Crippen LogP contribution >= 0.6 is 0 Å². The number of hydrogen-bond acceptors (Lipinski definition) is 9. The minimum atomic E-state index is -1.60. The number of nitrogens with one attached hydrogen (secondary N) is 5. The van der Waals surface area contributed by atoms with Crippen LogP contribution in [0.25, 0.3) is 0 Å². The average molecular weight is 517 g/mol. The van der Waals surface area contributed by atoms with Crippen LogP contribution in [0.15, 0.2) is 0 Å². The zero-order valence-electron chi connectivity index (χ0n) is 19.3. The molecule has 0 saturated carbocycles. The third-order valence-corrected chi connectivity index (χ3v) is 5.18. The second kappa shape index (κ2) is 15.3. The van der Waals surface area contributed by atoms with Gasteiger partial charge < -0.3 is 47.0 Å². The molecule has 0 aromatic rings. The maximum absolute atomic E-state index is 12.5. The van der Waals surface area contributed by atoms with Gasteiger partial charge in [0.2, 0.25) is 23.6 Å². The Bertz CT molecular complexity index is 844. The summed E-state index contributed by atoms with van der Waals surface area (Å²) in [5.74, 6) is -7.49. The van der Waals surface area contributed by atoms with E-state index in [9.17, 15) is 43.8 Å². The molecule has 1 rings (SSSR count). The molecule has 0 aromatic heterocycles. The van der Waals surface area contributed by atoms with Gasteiger partial charge in [-0.2, -0.15) is 0 Å². The molecule has 0 spiro atoms. The van der Waals surface area contributed by atoms with Crippen molar-refractivity contribution in [2.75, 3.05) is 19.7 Å². The molecule has 16 nitrogen and oxygen atoms in total. The lowest BCUT2D eigenvalue weighted by molar-refractivity contribution is -0.144. The fraction of sp³-hybridized carbons (Fsp3) is 0.650. The van der Waals surface area contributed by atoms with E-state index in [1.54, 1.807) is 0 Å². The van der Waals surface area contributed by atoms with Gasteiger partial charge in [-0.25, -0.2) is 4.79 Å². The van der Waals surface area contributed by atoms with E-state index in [-0.39, 0.29) is 0 Å². The summed E-state index contributed by atoms with van der Waals surface area (Å²) >= 11 is 0. The maximum atomic E-state index is 12.5. The van der Waals surface area contributed by atoms with Crippen LogP contribution < -0.4 is 26.6 Å². The Labute approximate surface area is 205 Å². The van der Waals surface area contributed by atoms with Gasteiger partial charge in [-0.15, -0.1) is 0 Å². The van der Waals surface area contributed by atoms with Gasteiger partial charge in [0.1, 0.15) is 18.1 Å². The third-order valence-electron chi connectivity index (χ3n) is 5.18. The van der Waals surface area contributed by atoms with Gasteiger partial charge in [0.05, 0.1) is 19.2 Å². The van der Waals surface area contributed by atoms with Crippen molar-refractivity contribution in [2.45, 2.75) is 62.7 Å². The molecular formula is C20H31N5O11. The SMILES string of the molecule is O=C(O)CC[C@H](NC(=O)[C@H](CCC(=O)O)NC(=O)CNC(=O)[C@H](CO)NC(=O)[C@@H]1CCCN1)C(=O)O. The van der Waals surface area contributed by atoms with Gasteiger partial charge in [-0.05, 0) is 32.2 Å². The highest BCUT2D eigenvalue weighted by atomic mass is 16.4. The Morgan fingerprint density at radius 3 is 1.92 bits per heavy atom. The fourth-order valence-corrected chi connectivity index (χ4v) is 3.24. The Balaban J connectivity index is 2.69. The summed E-state index contributed by atoms with van der Waals surface area (Å²) < 4.78 is 0. The summed E-state index contributed by atoms with van der Waals surface area (Å²) in [6.45, 7) is -0.814. The lowest BCUT2D eigenvalue weighted by Gasteiger charge is -2.21. The molecule has 1 aliphatic heterocycles. The van der Waals surface area contributed by atoms with Crippen LogP contribution in [0.3, 0.4) is 0 Å². The lowest BCUT2D eigenvalue weighted by atomic mass is 10.1. The first kappa shape index (κ1) is 30.2. The van der Waals surface area contributed by atoms with Gasteiger partial charge in [-0.1, -0.05) is 0 Å². The number of carbonyl (C=O) groups excluding carboxylic acids is 4. The highest BCUT2D eigenvalue weighted by molar-refractivity contribution is 5.94. The van der Waals surface area contributed by atoms with Crippen LogP contribution in [0.4, 0.5) is 0 Å². The van der Waals surface area contributed by atoms with Crippen molar-refractivity contribution in [3.05, 3.63) is 0 Å². The molecule has 0 aromatic carbocycles. The molecule has 0 bridgehead atoms. The van der Waals surface area contributed by atoms with E-state index in [0.29, 0.717) is 13.0 Å². The van der Waals surface area contributed by atoms with Crippen LogP contribution in [0.1, 0.15) is 38.5 Å². The lowest BCUT2D eigenvalue weighted by Crippen LogP contribution is -2.56. The van der Waals surface area contributed by atoms with Crippen molar-refractivity contribution in [1.82, 2.24) is 26.6 Å². The van der Waals surface area contributed by atoms with Gasteiger partial charge in [0, 0.05) is 12.8 Å². The molecule has 16 heteroatoms. The van der Waals surface area contributed by atoms with E-state index in [4.69, 9.17) is 10.2 Å². The van der Waals surface area contributed by atoms with Crippen LogP contribution in [-0.4, -0.2) is 106 Å². The summed E-state index contributed by atoms with van der Waals surface area (Å²) in [7, 11) is 0. The normalized spacial score (nSPS) is 17.2. The number of carboxylic acid groups (broad SMARTS) is 3. The molecule has 1 fully saturated rings. The number of rotatable bonds is 16. The Hall–Kier alpha value is -3.79. The molecule has 1 heterocycles. The molecule has 1 saturated heterocycles. The molecule has 0 radical (unpaired) electrons. The van der Waals surface area contributed by atoms with E-state index in [1.807, 2.05) is 0 Å². The number of amides is 4. The van der Waals surface area contributed by atoms with Crippen molar-refractivity contribution in [2.24, 2.45) is 0 Å². The summed E-state index contributed by atoms with van der Waals surface area (Å²) in [5.41, 5.74) is 0. The standard InChI is InChI=1S/C20H31N5O11/c26-9-13(25-18(33)10-2-1-7-21-10)17(32)22-8-14(27)23-11(3-5-15(28)29)19(34)24-12(20(35)36)4-6-16(30)31/h10-13,21,26H,1-9H2,(H,22,32)(H,23,27)(H,24,34)(H,25,33)(H,28,29)(H,30,31)(H,35,36)/t10-,11-,12-,13-/m0/s1. The summed E-state index contributed by atoms with van der Waals surface area (Å²) in [6, 6.07) is -4.95. The Morgan fingerprint density at radius 2 is 1.42 bits per heavy atom. The maximum Gasteiger partial charge on any atom is 0.326 e.